The average molecular weight is 300 g/mol. The van der Waals surface area contributed by atoms with E-state index in [0.29, 0.717) is 36.8 Å². The SMILES string of the molecule is CC(=O)N1CCN(NC(=O)c2ccc(Cl)cc2)CC1.O. The second-order valence-electron chi connectivity index (χ2n) is 4.44. The molecule has 0 radical (unpaired) electrons. The molecule has 1 saturated heterocycles. The lowest BCUT2D eigenvalue weighted by Gasteiger charge is -2.34. The van der Waals surface area contributed by atoms with Crippen LogP contribution >= 0.6 is 11.6 Å². The fourth-order valence-corrected chi connectivity index (χ4v) is 2.07. The highest BCUT2D eigenvalue weighted by Gasteiger charge is 2.20. The van der Waals surface area contributed by atoms with Crippen molar-refractivity contribution in [3.63, 3.8) is 0 Å². The maximum atomic E-state index is 12.0. The van der Waals surface area contributed by atoms with Crippen molar-refractivity contribution in [2.45, 2.75) is 6.92 Å². The van der Waals surface area contributed by atoms with Gasteiger partial charge in [-0.1, -0.05) is 11.6 Å². The number of benzene rings is 1. The second kappa shape index (κ2) is 7.23. The number of piperazine rings is 1. The maximum absolute atomic E-state index is 12.0. The Hall–Kier alpha value is -1.63. The quantitative estimate of drug-likeness (QED) is 0.854. The van der Waals surface area contributed by atoms with Crippen LogP contribution in [-0.2, 0) is 4.79 Å². The van der Waals surface area contributed by atoms with Crippen molar-refractivity contribution < 1.29 is 15.1 Å². The highest BCUT2D eigenvalue weighted by molar-refractivity contribution is 6.30. The van der Waals surface area contributed by atoms with E-state index in [-0.39, 0.29) is 17.3 Å². The molecule has 1 aromatic carbocycles. The van der Waals surface area contributed by atoms with Crippen LogP contribution in [0.15, 0.2) is 24.3 Å². The van der Waals surface area contributed by atoms with Gasteiger partial charge in [0.15, 0.2) is 0 Å². The fourth-order valence-electron chi connectivity index (χ4n) is 1.94. The summed E-state index contributed by atoms with van der Waals surface area (Å²) < 4.78 is 0. The van der Waals surface area contributed by atoms with E-state index in [1.54, 1.807) is 36.1 Å². The minimum absolute atomic E-state index is 0. The molecule has 1 heterocycles. The van der Waals surface area contributed by atoms with Crippen LogP contribution in [0.3, 0.4) is 0 Å². The summed E-state index contributed by atoms with van der Waals surface area (Å²) in [6.45, 7) is 4.10. The number of carbonyl (C=O) groups excluding carboxylic acids is 2. The summed E-state index contributed by atoms with van der Waals surface area (Å²) in [4.78, 5) is 24.9. The zero-order valence-corrected chi connectivity index (χ0v) is 12.0. The molecule has 2 rings (SSSR count). The van der Waals surface area contributed by atoms with Crippen molar-refractivity contribution in [3.8, 4) is 0 Å². The lowest BCUT2D eigenvalue weighted by molar-refractivity contribution is -0.130. The third-order valence-corrected chi connectivity index (χ3v) is 3.34. The lowest BCUT2D eigenvalue weighted by Crippen LogP contribution is -2.54. The van der Waals surface area contributed by atoms with Crippen molar-refractivity contribution in [2.24, 2.45) is 0 Å². The third-order valence-electron chi connectivity index (χ3n) is 3.09. The number of amides is 2. The predicted octanol–water partition coefficient (Wildman–Crippen LogP) is 0.324. The van der Waals surface area contributed by atoms with Crippen molar-refractivity contribution in [1.29, 1.82) is 0 Å². The molecule has 2 amide bonds. The number of hydrogen-bond donors (Lipinski definition) is 1. The summed E-state index contributed by atoms with van der Waals surface area (Å²) in [6.07, 6.45) is 0. The molecule has 0 bridgehead atoms. The molecule has 1 aliphatic heterocycles. The molecule has 0 atom stereocenters. The van der Waals surface area contributed by atoms with E-state index in [0.717, 1.165) is 0 Å². The van der Waals surface area contributed by atoms with E-state index < -0.39 is 0 Å². The summed E-state index contributed by atoms with van der Waals surface area (Å²) in [5.41, 5.74) is 3.40. The summed E-state index contributed by atoms with van der Waals surface area (Å²) in [5.74, 6) is -0.0865. The fraction of sp³-hybridized carbons (Fsp3) is 0.385. The molecule has 1 fully saturated rings. The van der Waals surface area contributed by atoms with Gasteiger partial charge in [0.2, 0.25) is 5.91 Å². The van der Waals surface area contributed by atoms with Gasteiger partial charge in [-0.3, -0.25) is 15.0 Å². The normalized spacial score (nSPS) is 15.4. The first kappa shape index (κ1) is 16.4. The van der Waals surface area contributed by atoms with Crippen LogP contribution < -0.4 is 5.43 Å². The molecule has 0 aromatic heterocycles. The van der Waals surface area contributed by atoms with Gasteiger partial charge in [-0.05, 0) is 24.3 Å². The monoisotopic (exact) mass is 299 g/mol. The van der Waals surface area contributed by atoms with Crippen LogP contribution in [0.5, 0.6) is 0 Å². The zero-order valence-electron chi connectivity index (χ0n) is 11.2. The minimum Gasteiger partial charge on any atom is -0.412 e. The molecular formula is C13H18ClN3O3. The number of halogens is 1. The maximum Gasteiger partial charge on any atom is 0.265 e. The van der Waals surface area contributed by atoms with Gasteiger partial charge < -0.3 is 10.4 Å². The lowest BCUT2D eigenvalue weighted by atomic mass is 10.2. The Morgan fingerprint density at radius 3 is 2.15 bits per heavy atom. The smallest absolute Gasteiger partial charge is 0.265 e. The first-order valence-electron chi connectivity index (χ1n) is 6.13. The van der Waals surface area contributed by atoms with Crippen LogP contribution in [0.25, 0.3) is 0 Å². The van der Waals surface area contributed by atoms with Crippen molar-refractivity contribution in [3.05, 3.63) is 34.9 Å². The number of hydrazine groups is 1. The Kier molecular flexibility index (Phi) is 5.94. The molecule has 110 valence electrons. The largest absolute Gasteiger partial charge is 0.412 e. The number of nitrogens with one attached hydrogen (secondary N) is 1. The van der Waals surface area contributed by atoms with E-state index in [9.17, 15) is 9.59 Å². The highest BCUT2D eigenvalue weighted by Crippen LogP contribution is 2.09. The molecule has 20 heavy (non-hydrogen) atoms. The molecule has 6 nitrogen and oxygen atoms in total. The van der Waals surface area contributed by atoms with Crippen LogP contribution in [0.4, 0.5) is 0 Å². The number of hydrogen-bond acceptors (Lipinski definition) is 3. The van der Waals surface area contributed by atoms with E-state index in [1.807, 2.05) is 5.01 Å². The Labute approximate surface area is 122 Å². The van der Waals surface area contributed by atoms with Gasteiger partial charge >= 0.3 is 0 Å². The van der Waals surface area contributed by atoms with Gasteiger partial charge in [-0.15, -0.1) is 0 Å². The van der Waals surface area contributed by atoms with Crippen LogP contribution in [0, 0.1) is 0 Å². The highest BCUT2D eigenvalue weighted by atomic mass is 35.5. The van der Waals surface area contributed by atoms with Crippen LogP contribution in [-0.4, -0.2) is 53.4 Å². The minimum atomic E-state index is -0.159. The standard InChI is InChI=1S/C13H16ClN3O2.H2O/c1-10(18)16-6-8-17(9-7-16)15-13(19)11-2-4-12(14)5-3-11;/h2-5H,6-9H2,1H3,(H,15,19);1H2. The van der Waals surface area contributed by atoms with E-state index in [2.05, 4.69) is 5.43 Å². The van der Waals surface area contributed by atoms with E-state index in [4.69, 9.17) is 11.6 Å². The van der Waals surface area contributed by atoms with E-state index >= 15 is 0 Å². The predicted molar refractivity (Wildman–Crippen MR) is 76.4 cm³/mol. The van der Waals surface area contributed by atoms with Crippen molar-refractivity contribution in [2.75, 3.05) is 26.2 Å². The Morgan fingerprint density at radius 2 is 1.65 bits per heavy atom. The van der Waals surface area contributed by atoms with Gasteiger partial charge in [0, 0.05) is 43.7 Å². The summed E-state index contributed by atoms with van der Waals surface area (Å²) in [5, 5.41) is 2.43. The van der Waals surface area contributed by atoms with Gasteiger partial charge in [-0.25, -0.2) is 5.01 Å². The van der Waals surface area contributed by atoms with Gasteiger partial charge in [0.05, 0.1) is 0 Å². The Morgan fingerprint density at radius 1 is 1.10 bits per heavy atom. The molecule has 0 spiro atoms. The molecule has 3 N–H and O–H groups in total. The molecule has 1 aliphatic rings. The number of carbonyl (C=O) groups is 2. The molecule has 1 aromatic rings. The van der Waals surface area contributed by atoms with Crippen molar-refractivity contribution >= 4 is 23.4 Å². The number of rotatable bonds is 2. The first-order valence-corrected chi connectivity index (χ1v) is 6.51. The summed E-state index contributed by atoms with van der Waals surface area (Å²) >= 11 is 5.77. The second-order valence-corrected chi connectivity index (χ2v) is 4.88. The van der Waals surface area contributed by atoms with Crippen molar-refractivity contribution in [1.82, 2.24) is 15.3 Å². The molecule has 0 saturated carbocycles. The zero-order chi connectivity index (χ0) is 13.8. The van der Waals surface area contributed by atoms with Crippen LogP contribution in [0.2, 0.25) is 5.02 Å². The summed E-state index contributed by atoms with van der Waals surface area (Å²) in [7, 11) is 0. The third kappa shape index (κ3) is 4.19. The van der Waals surface area contributed by atoms with Gasteiger partial charge in [0.1, 0.15) is 0 Å². The average Bonchev–Trinajstić information content (AvgIpc) is 2.40. The topological polar surface area (TPSA) is 84.2 Å². The van der Waals surface area contributed by atoms with Gasteiger partial charge in [0.25, 0.3) is 5.91 Å². The molecular weight excluding hydrogens is 282 g/mol. The Balaban J connectivity index is 0.00000200. The Bertz CT molecular complexity index is 470. The number of nitrogens with zero attached hydrogens (tertiary/aromatic N) is 2. The van der Waals surface area contributed by atoms with Crippen LogP contribution in [0.1, 0.15) is 17.3 Å². The van der Waals surface area contributed by atoms with Gasteiger partial charge in [-0.2, -0.15) is 0 Å². The molecule has 0 unspecified atom stereocenters. The first-order chi connectivity index (χ1) is 9.06. The molecule has 0 aliphatic carbocycles. The molecule has 7 heteroatoms. The van der Waals surface area contributed by atoms with E-state index in [1.165, 1.54) is 0 Å². The summed E-state index contributed by atoms with van der Waals surface area (Å²) in [6, 6.07) is 6.74.